The minimum atomic E-state index is -1.31. The number of unbranched alkanes of at least 4 members (excludes halogenated alkanes) is 1. The second-order valence-electron chi connectivity index (χ2n) is 3.51. The molecule has 18 heavy (non-hydrogen) atoms. The van der Waals surface area contributed by atoms with E-state index in [-0.39, 0.29) is 17.9 Å². The molecule has 0 saturated heterocycles. The van der Waals surface area contributed by atoms with Crippen molar-refractivity contribution in [3.63, 3.8) is 0 Å². The lowest BCUT2D eigenvalue weighted by Crippen LogP contribution is -2.12. The first-order valence-electron chi connectivity index (χ1n) is 5.46. The average Bonchev–Trinajstić information content (AvgIpc) is 2.32. The van der Waals surface area contributed by atoms with Gasteiger partial charge in [-0.25, -0.2) is 9.59 Å². The van der Waals surface area contributed by atoms with Crippen molar-refractivity contribution in [2.24, 2.45) is 0 Å². The fourth-order valence-electron chi connectivity index (χ4n) is 1.20. The Morgan fingerprint density at radius 2 is 2.06 bits per heavy atom. The predicted molar refractivity (Wildman–Crippen MR) is 62.0 cm³/mol. The van der Waals surface area contributed by atoms with Crippen molar-refractivity contribution in [3.05, 3.63) is 23.8 Å². The Balaban J connectivity index is 2.70. The van der Waals surface area contributed by atoms with E-state index in [4.69, 9.17) is 14.6 Å². The second kappa shape index (κ2) is 6.48. The fourth-order valence-corrected chi connectivity index (χ4v) is 1.20. The van der Waals surface area contributed by atoms with Crippen molar-refractivity contribution >= 4 is 12.1 Å². The SMILES string of the molecule is CCCCOC(=O)Oc1cccc(C(=O)O)c1O. The largest absolute Gasteiger partial charge is 0.513 e. The third-order valence-electron chi connectivity index (χ3n) is 2.14. The number of rotatable bonds is 5. The Kier molecular flexibility index (Phi) is 4.98. The topological polar surface area (TPSA) is 93.1 Å². The van der Waals surface area contributed by atoms with Gasteiger partial charge in [-0.15, -0.1) is 0 Å². The van der Waals surface area contributed by atoms with E-state index in [0.29, 0.717) is 6.42 Å². The van der Waals surface area contributed by atoms with Gasteiger partial charge in [0.25, 0.3) is 0 Å². The van der Waals surface area contributed by atoms with E-state index in [2.05, 4.69) is 0 Å². The van der Waals surface area contributed by atoms with Crippen LogP contribution >= 0.6 is 0 Å². The monoisotopic (exact) mass is 254 g/mol. The van der Waals surface area contributed by atoms with Crippen LogP contribution in [-0.2, 0) is 4.74 Å². The molecule has 0 aromatic heterocycles. The van der Waals surface area contributed by atoms with Crippen LogP contribution in [-0.4, -0.2) is 28.9 Å². The molecule has 1 aromatic rings. The molecule has 98 valence electrons. The zero-order chi connectivity index (χ0) is 13.5. The smallest absolute Gasteiger partial charge is 0.504 e. The van der Waals surface area contributed by atoms with Gasteiger partial charge >= 0.3 is 12.1 Å². The van der Waals surface area contributed by atoms with Gasteiger partial charge in [0.05, 0.1) is 6.61 Å². The van der Waals surface area contributed by atoms with E-state index in [1.54, 1.807) is 0 Å². The maximum absolute atomic E-state index is 11.2. The van der Waals surface area contributed by atoms with Crippen LogP contribution in [0.5, 0.6) is 11.5 Å². The summed E-state index contributed by atoms with van der Waals surface area (Å²) in [4.78, 5) is 22.0. The number of hydrogen-bond donors (Lipinski definition) is 2. The lowest BCUT2D eigenvalue weighted by atomic mass is 10.2. The Labute approximate surface area is 104 Å². The van der Waals surface area contributed by atoms with Crippen molar-refractivity contribution in [2.75, 3.05) is 6.61 Å². The van der Waals surface area contributed by atoms with E-state index >= 15 is 0 Å². The van der Waals surface area contributed by atoms with Crippen LogP contribution in [0.25, 0.3) is 0 Å². The molecular formula is C12H14O6. The summed E-state index contributed by atoms with van der Waals surface area (Å²) in [7, 11) is 0. The molecule has 0 amide bonds. The molecule has 0 atom stereocenters. The van der Waals surface area contributed by atoms with E-state index in [0.717, 1.165) is 6.42 Å². The number of ether oxygens (including phenoxy) is 2. The summed E-state index contributed by atoms with van der Waals surface area (Å²) in [5.74, 6) is -2.15. The highest BCUT2D eigenvalue weighted by Crippen LogP contribution is 2.29. The van der Waals surface area contributed by atoms with Gasteiger partial charge < -0.3 is 19.7 Å². The highest BCUT2D eigenvalue weighted by atomic mass is 16.7. The van der Waals surface area contributed by atoms with E-state index in [1.165, 1.54) is 18.2 Å². The van der Waals surface area contributed by atoms with E-state index < -0.39 is 17.9 Å². The van der Waals surface area contributed by atoms with Crippen molar-refractivity contribution in [1.29, 1.82) is 0 Å². The minimum absolute atomic E-state index is 0.217. The number of para-hydroxylation sites is 1. The number of aromatic hydroxyl groups is 1. The van der Waals surface area contributed by atoms with Crippen LogP contribution in [0.2, 0.25) is 0 Å². The number of benzene rings is 1. The third-order valence-corrected chi connectivity index (χ3v) is 2.14. The lowest BCUT2D eigenvalue weighted by Gasteiger charge is -2.08. The second-order valence-corrected chi connectivity index (χ2v) is 3.51. The summed E-state index contributed by atoms with van der Waals surface area (Å²) >= 11 is 0. The first-order valence-corrected chi connectivity index (χ1v) is 5.46. The summed E-state index contributed by atoms with van der Waals surface area (Å²) in [6.07, 6.45) is 0.602. The summed E-state index contributed by atoms with van der Waals surface area (Å²) in [5.41, 5.74) is -0.339. The van der Waals surface area contributed by atoms with Gasteiger partial charge in [-0.2, -0.15) is 0 Å². The van der Waals surface area contributed by atoms with Crippen molar-refractivity contribution in [1.82, 2.24) is 0 Å². The number of phenols is 1. The molecule has 0 aliphatic carbocycles. The molecule has 0 aliphatic rings. The molecule has 0 fully saturated rings. The van der Waals surface area contributed by atoms with Gasteiger partial charge in [-0.3, -0.25) is 0 Å². The van der Waals surface area contributed by atoms with Crippen LogP contribution in [0.1, 0.15) is 30.1 Å². The van der Waals surface area contributed by atoms with Crippen LogP contribution in [0, 0.1) is 0 Å². The van der Waals surface area contributed by atoms with Crippen molar-refractivity contribution < 1.29 is 29.3 Å². The number of hydrogen-bond acceptors (Lipinski definition) is 5. The van der Waals surface area contributed by atoms with Gasteiger partial charge in [0.15, 0.2) is 11.5 Å². The first-order chi connectivity index (χ1) is 8.56. The fraction of sp³-hybridized carbons (Fsp3) is 0.333. The molecule has 0 bridgehead atoms. The highest BCUT2D eigenvalue weighted by molar-refractivity contribution is 5.92. The average molecular weight is 254 g/mol. The zero-order valence-electron chi connectivity index (χ0n) is 9.88. The molecule has 0 heterocycles. The van der Waals surface area contributed by atoms with Crippen LogP contribution < -0.4 is 4.74 Å². The Hall–Kier alpha value is -2.24. The summed E-state index contributed by atoms with van der Waals surface area (Å²) in [6.45, 7) is 2.16. The first kappa shape index (κ1) is 13.8. The molecule has 2 N–H and O–H groups in total. The third kappa shape index (κ3) is 3.65. The van der Waals surface area contributed by atoms with Crippen LogP contribution in [0.4, 0.5) is 4.79 Å². The molecule has 0 spiro atoms. The molecule has 1 aromatic carbocycles. The number of carbonyl (C=O) groups excluding carboxylic acids is 1. The summed E-state index contributed by atoms with van der Waals surface area (Å²) < 4.78 is 9.43. The van der Waals surface area contributed by atoms with Crippen molar-refractivity contribution in [2.45, 2.75) is 19.8 Å². The Morgan fingerprint density at radius 1 is 1.33 bits per heavy atom. The molecular weight excluding hydrogens is 240 g/mol. The predicted octanol–water partition coefficient (Wildman–Crippen LogP) is 2.41. The molecule has 6 nitrogen and oxygen atoms in total. The number of carboxylic acids is 1. The normalized spacial score (nSPS) is 9.83. The summed E-state index contributed by atoms with van der Waals surface area (Å²) in [5, 5.41) is 18.3. The highest BCUT2D eigenvalue weighted by Gasteiger charge is 2.16. The number of aromatic carboxylic acids is 1. The van der Waals surface area contributed by atoms with Crippen molar-refractivity contribution in [3.8, 4) is 11.5 Å². The van der Waals surface area contributed by atoms with Crippen LogP contribution in [0.3, 0.4) is 0 Å². The zero-order valence-corrected chi connectivity index (χ0v) is 9.88. The maximum atomic E-state index is 11.2. The Bertz CT molecular complexity index is 440. The molecule has 0 aliphatic heterocycles. The molecule has 1 rings (SSSR count). The quantitative estimate of drug-likeness (QED) is 0.476. The molecule has 6 heteroatoms. The van der Waals surface area contributed by atoms with E-state index in [1.807, 2.05) is 6.92 Å². The van der Waals surface area contributed by atoms with Gasteiger partial charge in [0, 0.05) is 0 Å². The van der Waals surface area contributed by atoms with E-state index in [9.17, 15) is 14.7 Å². The molecule has 0 radical (unpaired) electrons. The summed E-state index contributed by atoms with van der Waals surface area (Å²) in [6, 6.07) is 3.84. The van der Waals surface area contributed by atoms with Gasteiger partial charge in [-0.1, -0.05) is 19.4 Å². The van der Waals surface area contributed by atoms with Gasteiger partial charge in [0.1, 0.15) is 5.56 Å². The Morgan fingerprint density at radius 3 is 2.67 bits per heavy atom. The lowest BCUT2D eigenvalue weighted by molar-refractivity contribution is 0.0690. The molecule has 0 unspecified atom stereocenters. The van der Waals surface area contributed by atoms with Gasteiger partial charge in [0.2, 0.25) is 0 Å². The molecule has 0 saturated carbocycles. The van der Waals surface area contributed by atoms with Crippen LogP contribution in [0.15, 0.2) is 18.2 Å². The van der Waals surface area contributed by atoms with Gasteiger partial charge in [-0.05, 0) is 18.6 Å². The standard InChI is InChI=1S/C12H14O6/c1-2-3-7-17-12(16)18-9-6-4-5-8(10(9)13)11(14)15/h4-6,13H,2-3,7H2,1H3,(H,14,15). The minimum Gasteiger partial charge on any atom is -0.504 e. The maximum Gasteiger partial charge on any atom is 0.513 e. The number of carboxylic acid groups (broad SMARTS) is 1. The number of carbonyl (C=O) groups is 2.